The molecule has 28 heavy (non-hydrogen) atoms. The molecule has 0 bridgehead atoms. The maximum absolute atomic E-state index is 6.39. The molecule has 1 atom stereocenters. The first-order chi connectivity index (χ1) is 13.8. The highest BCUT2D eigenvalue weighted by atomic mass is 16.5. The summed E-state index contributed by atoms with van der Waals surface area (Å²) in [7, 11) is 0. The van der Waals surface area contributed by atoms with E-state index >= 15 is 0 Å². The SMILES string of the molecule is Cc1ccc(OC(CN2CCN(c3ncccn3)CC2)c2ccccc2)cc1. The van der Waals surface area contributed by atoms with Crippen LogP contribution in [-0.2, 0) is 0 Å². The van der Waals surface area contributed by atoms with Crippen LogP contribution in [0.1, 0.15) is 17.2 Å². The number of piperazine rings is 1. The van der Waals surface area contributed by atoms with Crippen LogP contribution in [0.15, 0.2) is 73.1 Å². The summed E-state index contributed by atoms with van der Waals surface area (Å²) in [4.78, 5) is 13.4. The van der Waals surface area contributed by atoms with Gasteiger partial charge in [0.25, 0.3) is 0 Å². The van der Waals surface area contributed by atoms with Crippen LogP contribution in [0, 0.1) is 6.92 Å². The summed E-state index contributed by atoms with van der Waals surface area (Å²) in [6.07, 6.45) is 3.61. The molecule has 1 saturated heterocycles. The Morgan fingerprint density at radius 1 is 0.857 bits per heavy atom. The Hall–Kier alpha value is -2.92. The third-order valence-corrected chi connectivity index (χ3v) is 5.10. The normalized spacial score (nSPS) is 16.0. The summed E-state index contributed by atoms with van der Waals surface area (Å²) in [6.45, 7) is 6.75. The fraction of sp³-hybridized carbons (Fsp3) is 0.304. The molecule has 1 aromatic heterocycles. The molecule has 1 unspecified atom stereocenters. The average molecular weight is 374 g/mol. The molecule has 1 aliphatic heterocycles. The summed E-state index contributed by atoms with van der Waals surface area (Å²) in [5.41, 5.74) is 2.44. The third kappa shape index (κ3) is 4.67. The van der Waals surface area contributed by atoms with Gasteiger partial charge in [-0.15, -0.1) is 0 Å². The largest absolute Gasteiger partial charge is 0.484 e. The van der Waals surface area contributed by atoms with E-state index in [0.717, 1.165) is 44.4 Å². The fourth-order valence-electron chi connectivity index (χ4n) is 3.48. The maximum atomic E-state index is 6.39. The van der Waals surface area contributed by atoms with Gasteiger partial charge in [0.15, 0.2) is 0 Å². The van der Waals surface area contributed by atoms with E-state index in [1.807, 2.05) is 12.1 Å². The number of rotatable bonds is 6. The molecule has 4 rings (SSSR count). The number of hydrogen-bond acceptors (Lipinski definition) is 5. The lowest BCUT2D eigenvalue weighted by molar-refractivity contribution is 0.128. The van der Waals surface area contributed by atoms with Gasteiger partial charge in [0, 0.05) is 45.1 Å². The van der Waals surface area contributed by atoms with Crippen molar-refractivity contribution in [1.29, 1.82) is 0 Å². The van der Waals surface area contributed by atoms with Crippen molar-refractivity contribution < 1.29 is 4.74 Å². The van der Waals surface area contributed by atoms with E-state index in [1.165, 1.54) is 11.1 Å². The van der Waals surface area contributed by atoms with Gasteiger partial charge in [-0.25, -0.2) is 9.97 Å². The van der Waals surface area contributed by atoms with Gasteiger partial charge in [-0.05, 0) is 30.7 Å². The molecule has 5 nitrogen and oxygen atoms in total. The number of nitrogens with zero attached hydrogens (tertiary/aromatic N) is 4. The molecule has 1 fully saturated rings. The van der Waals surface area contributed by atoms with E-state index in [9.17, 15) is 0 Å². The molecule has 0 spiro atoms. The predicted molar refractivity (Wildman–Crippen MR) is 112 cm³/mol. The van der Waals surface area contributed by atoms with Crippen molar-refractivity contribution in [1.82, 2.24) is 14.9 Å². The van der Waals surface area contributed by atoms with E-state index in [1.54, 1.807) is 12.4 Å². The molecule has 2 aromatic carbocycles. The van der Waals surface area contributed by atoms with Crippen LogP contribution in [0.4, 0.5) is 5.95 Å². The van der Waals surface area contributed by atoms with Crippen LogP contribution < -0.4 is 9.64 Å². The van der Waals surface area contributed by atoms with Gasteiger partial charge in [-0.2, -0.15) is 0 Å². The Kier molecular flexibility index (Phi) is 5.83. The Morgan fingerprint density at radius 2 is 1.54 bits per heavy atom. The van der Waals surface area contributed by atoms with Gasteiger partial charge in [0.2, 0.25) is 5.95 Å². The van der Waals surface area contributed by atoms with Crippen LogP contribution in [0.25, 0.3) is 0 Å². The second kappa shape index (κ2) is 8.85. The lowest BCUT2D eigenvalue weighted by Gasteiger charge is -2.36. The summed E-state index contributed by atoms with van der Waals surface area (Å²) < 4.78 is 6.39. The van der Waals surface area contributed by atoms with Gasteiger partial charge >= 0.3 is 0 Å². The van der Waals surface area contributed by atoms with Gasteiger partial charge in [-0.3, -0.25) is 4.90 Å². The fourth-order valence-corrected chi connectivity index (χ4v) is 3.48. The van der Waals surface area contributed by atoms with Gasteiger partial charge < -0.3 is 9.64 Å². The highest BCUT2D eigenvalue weighted by Crippen LogP contribution is 2.24. The van der Waals surface area contributed by atoms with Crippen molar-refractivity contribution in [3.8, 4) is 5.75 Å². The van der Waals surface area contributed by atoms with Gasteiger partial charge in [-0.1, -0.05) is 48.0 Å². The first-order valence-electron chi connectivity index (χ1n) is 9.80. The topological polar surface area (TPSA) is 41.5 Å². The second-order valence-corrected chi connectivity index (χ2v) is 7.17. The van der Waals surface area contributed by atoms with Crippen molar-refractivity contribution in [3.05, 3.63) is 84.2 Å². The quantitative estimate of drug-likeness (QED) is 0.658. The van der Waals surface area contributed by atoms with Crippen LogP contribution in [0.5, 0.6) is 5.75 Å². The van der Waals surface area contributed by atoms with E-state index < -0.39 is 0 Å². The summed E-state index contributed by atoms with van der Waals surface area (Å²) in [5, 5.41) is 0. The van der Waals surface area contributed by atoms with Gasteiger partial charge in [0.1, 0.15) is 11.9 Å². The summed E-state index contributed by atoms with van der Waals surface area (Å²) in [5.74, 6) is 1.73. The highest BCUT2D eigenvalue weighted by molar-refractivity contribution is 5.30. The third-order valence-electron chi connectivity index (χ3n) is 5.10. The minimum absolute atomic E-state index is 0.00318. The monoisotopic (exact) mass is 374 g/mol. The lowest BCUT2D eigenvalue weighted by atomic mass is 10.1. The second-order valence-electron chi connectivity index (χ2n) is 7.17. The first kappa shape index (κ1) is 18.4. The Morgan fingerprint density at radius 3 is 2.21 bits per heavy atom. The standard InChI is InChI=1S/C23H26N4O/c1-19-8-10-21(11-9-19)28-22(20-6-3-2-4-7-20)18-26-14-16-27(17-15-26)23-24-12-5-13-25-23/h2-13,22H,14-18H2,1H3. The summed E-state index contributed by atoms with van der Waals surface area (Å²) >= 11 is 0. The van der Waals surface area contributed by atoms with Crippen LogP contribution in [0.2, 0.25) is 0 Å². The zero-order valence-corrected chi connectivity index (χ0v) is 16.2. The molecule has 0 radical (unpaired) electrons. The molecular weight excluding hydrogens is 348 g/mol. The highest BCUT2D eigenvalue weighted by Gasteiger charge is 2.23. The average Bonchev–Trinajstić information content (AvgIpc) is 2.76. The molecule has 1 aliphatic rings. The van der Waals surface area contributed by atoms with Crippen molar-refractivity contribution in [2.75, 3.05) is 37.6 Å². The van der Waals surface area contributed by atoms with Crippen molar-refractivity contribution >= 4 is 5.95 Å². The summed E-state index contributed by atoms with van der Waals surface area (Å²) in [6, 6.07) is 20.6. The zero-order valence-electron chi connectivity index (χ0n) is 16.2. The van der Waals surface area contributed by atoms with E-state index in [0.29, 0.717) is 0 Å². The van der Waals surface area contributed by atoms with Crippen LogP contribution in [-0.4, -0.2) is 47.6 Å². The maximum Gasteiger partial charge on any atom is 0.225 e. The number of aromatic nitrogens is 2. The van der Waals surface area contributed by atoms with Crippen LogP contribution in [0.3, 0.4) is 0 Å². The Bertz CT molecular complexity index is 847. The molecule has 2 heterocycles. The number of ether oxygens (including phenoxy) is 1. The number of hydrogen-bond donors (Lipinski definition) is 0. The van der Waals surface area contributed by atoms with Crippen molar-refractivity contribution in [3.63, 3.8) is 0 Å². The molecule has 5 heteroatoms. The number of anilines is 1. The molecule has 144 valence electrons. The molecule has 0 N–H and O–H groups in total. The Balaban J connectivity index is 1.42. The number of aryl methyl sites for hydroxylation is 1. The molecule has 0 saturated carbocycles. The number of benzene rings is 2. The van der Waals surface area contributed by atoms with E-state index in [4.69, 9.17) is 4.74 Å². The Labute approximate surface area is 166 Å². The van der Waals surface area contributed by atoms with Crippen molar-refractivity contribution in [2.45, 2.75) is 13.0 Å². The smallest absolute Gasteiger partial charge is 0.225 e. The lowest BCUT2D eigenvalue weighted by Crippen LogP contribution is -2.48. The molecular formula is C23H26N4O. The first-order valence-corrected chi connectivity index (χ1v) is 9.80. The molecule has 3 aromatic rings. The minimum Gasteiger partial charge on any atom is -0.484 e. The predicted octanol–water partition coefficient (Wildman–Crippen LogP) is 3.73. The van der Waals surface area contributed by atoms with Crippen LogP contribution >= 0.6 is 0 Å². The van der Waals surface area contributed by atoms with E-state index in [-0.39, 0.29) is 6.10 Å². The van der Waals surface area contributed by atoms with Crippen molar-refractivity contribution in [2.24, 2.45) is 0 Å². The molecule has 0 amide bonds. The van der Waals surface area contributed by atoms with Gasteiger partial charge in [0.05, 0.1) is 0 Å². The minimum atomic E-state index is 0.00318. The molecule has 0 aliphatic carbocycles. The van der Waals surface area contributed by atoms with E-state index in [2.05, 4.69) is 75.2 Å². The zero-order chi connectivity index (χ0) is 19.2.